The molecule has 3 heterocycles. The summed E-state index contributed by atoms with van der Waals surface area (Å²) in [6, 6.07) is 9.36. The minimum absolute atomic E-state index is 0.152. The number of rotatable bonds is 5. The lowest BCUT2D eigenvalue weighted by molar-refractivity contribution is 0.0946. The van der Waals surface area contributed by atoms with Gasteiger partial charge < -0.3 is 13.9 Å². The van der Waals surface area contributed by atoms with Gasteiger partial charge in [-0.1, -0.05) is 18.2 Å². The van der Waals surface area contributed by atoms with Crippen molar-refractivity contribution in [2.75, 3.05) is 18.6 Å². The van der Waals surface area contributed by atoms with Gasteiger partial charge >= 0.3 is 0 Å². The fourth-order valence-corrected chi connectivity index (χ4v) is 2.75. The Labute approximate surface area is 149 Å². The van der Waals surface area contributed by atoms with E-state index in [-0.39, 0.29) is 24.2 Å². The number of aromatic nitrogens is 3. The first-order chi connectivity index (χ1) is 12.8. The molecule has 3 aromatic rings. The number of amides is 1. The summed E-state index contributed by atoms with van der Waals surface area (Å²) >= 11 is 0. The van der Waals surface area contributed by atoms with Crippen molar-refractivity contribution in [2.24, 2.45) is 0 Å². The Morgan fingerprint density at radius 1 is 1.19 bits per heavy atom. The van der Waals surface area contributed by atoms with Crippen LogP contribution in [0, 0.1) is 0 Å². The summed E-state index contributed by atoms with van der Waals surface area (Å²) in [5, 5.41) is 0. The third-order valence-corrected chi connectivity index (χ3v) is 3.95. The quantitative estimate of drug-likeness (QED) is 0.695. The Kier molecular flexibility index (Phi) is 4.22. The van der Waals surface area contributed by atoms with Gasteiger partial charge in [-0.05, 0) is 12.1 Å². The van der Waals surface area contributed by atoms with Crippen LogP contribution in [0.1, 0.15) is 22.1 Å². The van der Waals surface area contributed by atoms with Crippen LogP contribution >= 0.6 is 0 Å². The molecular formula is C18H16N4O4. The van der Waals surface area contributed by atoms with Gasteiger partial charge in [-0.2, -0.15) is 0 Å². The summed E-state index contributed by atoms with van der Waals surface area (Å²) < 4.78 is 16.5. The Morgan fingerprint density at radius 3 is 2.81 bits per heavy atom. The predicted molar refractivity (Wildman–Crippen MR) is 91.2 cm³/mol. The molecule has 4 rings (SSSR count). The minimum atomic E-state index is -0.316. The SMILES string of the molecule is COc1nccnc1N1CCc2nc(COc3ccccc3)oc2C1=O. The van der Waals surface area contributed by atoms with Crippen LogP contribution in [0.2, 0.25) is 0 Å². The van der Waals surface area contributed by atoms with Crippen LogP contribution in [0.3, 0.4) is 0 Å². The standard InChI is InChI=1S/C18H16N4O4/c1-24-17-16(19-8-9-20-17)22-10-7-13-15(18(22)23)26-14(21-13)11-25-12-5-3-2-4-6-12/h2-6,8-9H,7,10-11H2,1H3. The van der Waals surface area contributed by atoms with E-state index in [0.29, 0.717) is 36.1 Å². The van der Waals surface area contributed by atoms with Gasteiger partial charge in [0.1, 0.15) is 5.75 Å². The average molecular weight is 352 g/mol. The molecule has 0 unspecified atom stereocenters. The van der Waals surface area contributed by atoms with Crippen LogP contribution in [0.15, 0.2) is 47.1 Å². The van der Waals surface area contributed by atoms with Gasteiger partial charge in [0.05, 0.1) is 12.8 Å². The number of ether oxygens (including phenoxy) is 2. The van der Waals surface area contributed by atoms with Crippen LogP contribution in [-0.2, 0) is 13.0 Å². The first-order valence-corrected chi connectivity index (χ1v) is 8.09. The topological polar surface area (TPSA) is 90.6 Å². The number of anilines is 1. The first-order valence-electron chi connectivity index (χ1n) is 8.09. The molecule has 1 aliphatic heterocycles. The largest absolute Gasteiger partial charge is 0.484 e. The molecule has 132 valence electrons. The zero-order chi connectivity index (χ0) is 17.9. The number of hydrogen-bond donors (Lipinski definition) is 0. The van der Waals surface area contributed by atoms with Crippen LogP contribution in [0.25, 0.3) is 0 Å². The maximum absolute atomic E-state index is 12.8. The molecule has 8 nitrogen and oxygen atoms in total. The number of benzene rings is 1. The van der Waals surface area contributed by atoms with Gasteiger partial charge in [0.2, 0.25) is 11.7 Å². The van der Waals surface area contributed by atoms with Crippen molar-refractivity contribution in [3.8, 4) is 11.6 Å². The number of carbonyl (C=O) groups excluding carboxylic acids is 1. The van der Waals surface area contributed by atoms with Crippen LogP contribution in [0.4, 0.5) is 5.82 Å². The molecule has 26 heavy (non-hydrogen) atoms. The van der Waals surface area contributed by atoms with Crippen LogP contribution < -0.4 is 14.4 Å². The molecule has 8 heteroatoms. The van der Waals surface area contributed by atoms with Gasteiger partial charge in [0.25, 0.3) is 11.8 Å². The summed E-state index contributed by atoms with van der Waals surface area (Å²) in [5.41, 5.74) is 0.626. The Morgan fingerprint density at radius 2 is 2.00 bits per heavy atom. The van der Waals surface area contributed by atoms with Gasteiger partial charge in [0, 0.05) is 25.4 Å². The molecule has 0 bridgehead atoms. The number of carbonyl (C=O) groups is 1. The van der Waals surface area contributed by atoms with E-state index < -0.39 is 0 Å². The van der Waals surface area contributed by atoms with E-state index in [9.17, 15) is 4.79 Å². The van der Waals surface area contributed by atoms with Gasteiger partial charge in [-0.25, -0.2) is 15.0 Å². The number of methoxy groups -OCH3 is 1. The van der Waals surface area contributed by atoms with Gasteiger partial charge in [0.15, 0.2) is 12.4 Å². The van der Waals surface area contributed by atoms with Crippen molar-refractivity contribution in [3.05, 3.63) is 60.1 Å². The summed E-state index contributed by atoms with van der Waals surface area (Å²) in [6.07, 6.45) is 3.57. The average Bonchev–Trinajstić information content (AvgIpc) is 3.12. The molecule has 2 aromatic heterocycles. The molecule has 1 aromatic carbocycles. The lowest BCUT2D eigenvalue weighted by atomic mass is 10.1. The zero-order valence-corrected chi connectivity index (χ0v) is 14.1. The van der Waals surface area contributed by atoms with E-state index in [0.717, 1.165) is 0 Å². The van der Waals surface area contributed by atoms with Crippen molar-refractivity contribution in [1.82, 2.24) is 15.0 Å². The van der Waals surface area contributed by atoms with E-state index in [1.54, 1.807) is 0 Å². The molecule has 0 saturated heterocycles. The lowest BCUT2D eigenvalue weighted by Crippen LogP contribution is -2.38. The maximum atomic E-state index is 12.8. The summed E-state index contributed by atoms with van der Waals surface area (Å²) in [7, 11) is 1.49. The molecule has 1 aliphatic rings. The number of para-hydroxylation sites is 1. The number of hydrogen-bond acceptors (Lipinski definition) is 7. The highest BCUT2D eigenvalue weighted by Gasteiger charge is 2.33. The smallest absolute Gasteiger partial charge is 0.297 e. The Bertz CT molecular complexity index is 926. The number of nitrogens with zero attached hydrogens (tertiary/aromatic N) is 4. The summed E-state index contributed by atoms with van der Waals surface area (Å²) in [6.45, 7) is 0.575. The minimum Gasteiger partial charge on any atom is -0.484 e. The fraction of sp³-hybridized carbons (Fsp3) is 0.222. The van der Waals surface area contributed by atoms with Crippen LogP contribution in [-0.4, -0.2) is 34.5 Å². The third-order valence-electron chi connectivity index (χ3n) is 3.95. The monoisotopic (exact) mass is 352 g/mol. The van der Waals surface area contributed by atoms with E-state index in [2.05, 4.69) is 15.0 Å². The second kappa shape index (κ2) is 6.83. The highest BCUT2D eigenvalue weighted by Crippen LogP contribution is 2.28. The van der Waals surface area contributed by atoms with Crippen molar-refractivity contribution in [2.45, 2.75) is 13.0 Å². The second-order valence-corrected chi connectivity index (χ2v) is 5.58. The zero-order valence-electron chi connectivity index (χ0n) is 14.1. The van der Waals surface area contributed by atoms with E-state index in [4.69, 9.17) is 13.9 Å². The molecule has 1 amide bonds. The van der Waals surface area contributed by atoms with Crippen molar-refractivity contribution < 1.29 is 18.7 Å². The second-order valence-electron chi connectivity index (χ2n) is 5.58. The molecular weight excluding hydrogens is 336 g/mol. The molecule has 0 N–H and O–H groups in total. The predicted octanol–water partition coefficient (Wildman–Crippen LogP) is 2.26. The van der Waals surface area contributed by atoms with Crippen molar-refractivity contribution in [3.63, 3.8) is 0 Å². The summed E-state index contributed by atoms with van der Waals surface area (Å²) in [4.78, 5) is 27.0. The Hall–Kier alpha value is -3.42. The van der Waals surface area contributed by atoms with Gasteiger partial charge in [-0.15, -0.1) is 0 Å². The van der Waals surface area contributed by atoms with Crippen molar-refractivity contribution in [1.29, 1.82) is 0 Å². The molecule has 0 spiro atoms. The van der Waals surface area contributed by atoms with E-state index >= 15 is 0 Å². The molecule has 0 aliphatic carbocycles. The number of oxazole rings is 1. The van der Waals surface area contributed by atoms with Gasteiger partial charge in [-0.3, -0.25) is 9.69 Å². The highest BCUT2D eigenvalue weighted by atomic mass is 16.5. The third kappa shape index (κ3) is 2.97. The van der Waals surface area contributed by atoms with E-state index in [1.807, 2.05) is 30.3 Å². The fourth-order valence-electron chi connectivity index (χ4n) is 2.75. The molecule has 0 atom stereocenters. The maximum Gasteiger partial charge on any atom is 0.297 e. The van der Waals surface area contributed by atoms with Crippen LogP contribution in [0.5, 0.6) is 11.6 Å². The van der Waals surface area contributed by atoms with E-state index in [1.165, 1.54) is 24.4 Å². The molecule has 0 saturated carbocycles. The summed E-state index contributed by atoms with van der Waals surface area (Å²) in [5.74, 6) is 1.61. The Balaban J connectivity index is 1.54. The first kappa shape index (κ1) is 16.1. The molecule has 0 radical (unpaired) electrons. The highest BCUT2D eigenvalue weighted by molar-refractivity contribution is 6.05. The van der Waals surface area contributed by atoms with Crippen molar-refractivity contribution >= 4 is 11.7 Å². The normalized spacial score (nSPS) is 13.4. The lowest BCUT2D eigenvalue weighted by Gasteiger charge is -2.24. The molecule has 0 fully saturated rings. The number of fused-ring (bicyclic) bond motifs is 1.